The number of fused-ring (bicyclic) bond motifs is 1. The zero-order chi connectivity index (χ0) is 20.8. The van der Waals surface area contributed by atoms with Gasteiger partial charge in [0.15, 0.2) is 5.76 Å². The molecule has 1 aliphatic rings. The molecule has 3 aromatic rings. The molecule has 0 saturated carbocycles. The first kappa shape index (κ1) is 20.0. The summed E-state index contributed by atoms with van der Waals surface area (Å²) in [4.78, 5) is 26.3. The number of hydrogen-bond acceptors (Lipinski definition) is 4. The van der Waals surface area contributed by atoms with Crippen molar-refractivity contribution in [3.05, 3.63) is 66.6 Å². The number of piperidine rings is 1. The maximum Gasteiger partial charge on any atom is 0.289 e. The fourth-order valence-electron chi connectivity index (χ4n) is 3.82. The number of furan rings is 1. The van der Waals surface area contributed by atoms with E-state index in [1.54, 1.807) is 17.0 Å². The van der Waals surface area contributed by atoms with E-state index in [-0.39, 0.29) is 17.9 Å². The maximum atomic E-state index is 12.3. The quantitative estimate of drug-likeness (QED) is 0.602. The summed E-state index contributed by atoms with van der Waals surface area (Å²) < 4.78 is 11.1. The number of ether oxygens (including phenoxy) is 1. The predicted octanol–water partition coefficient (Wildman–Crippen LogP) is 4.01. The maximum absolute atomic E-state index is 12.3. The first-order chi connectivity index (χ1) is 14.7. The smallest absolute Gasteiger partial charge is 0.289 e. The number of likely N-dealkylation sites (tertiary alicyclic amines) is 1. The Morgan fingerprint density at radius 3 is 2.63 bits per heavy atom. The van der Waals surface area contributed by atoms with Crippen LogP contribution >= 0.6 is 0 Å². The lowest BCUT2D eigenvalue weighted by molar-refractivity contribution is -0.122. The summed E-state index contributed by atoms with van der Waals surface area (Å²) in [6, 6.07) is 17.6. The van der Waals surface area contributed by atoms with Crippen LogP contribution in [0.5, 0.6) is 5.75 Å². The zero-order valence-corrected chi connectivity index (χ0v) is 16.9. The molecule has 0 unspecified atom stereocenters. The second-order valence-corrected chi connectivity index (χ2v) is 7.54. The van der Waals surface area contributed by atoms with Gasteiger partial charge in [-0.2, -0.15) is 0 Å². The lowest BCUT2D eigenvalue weighted by Crippen LogP contribution is -2.46. The van der Waals surface area contributed by atoms with Crippen LogP contribution in [0.1, 0.15) is 36.2 Å². The van der Waals surface area contributed by atoms with E-state index >= 15 is 0 Å². The number of rotatable bonds is 7. The van der Waals surface area contributed by atoms with Crippen molar-refractivity contribution in [3.63, 3.8) is 0 Å². The third-order valence-corrected chi connectivity index (χ3v) is 5.43. The summed E-state index contributed by atoms with van der Waals surface area (Å²) in [6.45, 7) is 1.74. The number of carbonyl (C=O) groups excluding carboxylic acids is 2. The van der Waals surface area contributed by atoms with Gasteiger partial charge < -0.3 is 19.4 Å². The molecule has 156 valence electrons. The van der Waals surface area contributed by atoms with Crippen molar-refractivity contribution >= 4 is 22.6 Å². The van der Waals surface area contributed by atoms with E-state index in [4.69, 9.17) is 9.15 Å². The number of hydrogen-bond donors (Lipinski definition) is 1. The van der Waals surface area contributed by atoms with Crippen LogP contribution in [0, 0.1) is 0 Å². The van der Waals surface area contributed by atoms with Crippen LogP contribution in [0.3, 0.4) is 0 Å². The highest BCUT2D eigenvalue weighted by Crippen LogP contribution is 2.25. The molecule has 0 aliphatic carbocycles. The third-order valence-electron chi connectivity index (χ3n) is 5.43. The van der Waals surface area contributed by atoms with Gasteiger partial charge in [-0.1, -0.05) is 36.4 Å². The lowest BCUT2D eigenvalue weighted by Gasteiger charge is -2.31. The molecule has 6 nitrogen and oxygen atoms in total. The molecule has 0 radical (unpaired) electrons. The second kappa shape index (κ2) is 9.48. The van der Waals surface area contributed by atoms with Crippen LogP contribution in [-0.2, 0) is 4.79 Å². The van der Waals surface area contributed by atoms with Crippen molar-refractivity contribution in [3.8, 4) is 5.75 Å². The van der Waals surface area contributed by atoms with Crippen LogP contribution in [0.25, 0.3) is 10.8 Å². The Balaban J connectivity index is 1.16. The van der Waals surface area contributed by atoms with Crippen LogP contribution in [0.15, 0.2) is 65.3 Å². The summed E-state index contributed by atoms with van der Waals surface area (Å²) in [7, 11) is 0. The molecule has 6 heteroatoms. The van der Waals surface area contributed by atoms with Crippen molar-refractivity contribution in [1.29, 1.82) is 0 Å². The van der Waals surface area contributed by atoms with Gasteiger partial charge in [0.25, 0.3) is 5.91 Å². The molecule has 1 saturated heterocycles. The topological polar surface area (TPSA) is 71.8 Å². The molecule has 2 heterocycles. The molecule has 1 aromatic heterocycles. The SMILES string of the molecule is O=C(CCCOc1cccc2ccccc12)NC1CCN(C(=O)c2ccco2)CC1. The molecule has 4 rings (SSSR count). The summed E-state index contributed by atoms with van der Waals surface area (Å²) in [6.07, 6.45) is 4.10. The highest BCUT2D eigenvalue weighted by molar-refractivity contribution is 5.91. The molecule has 30 heavy (non-hydrogen) atoms. The average Bonchev–Trinajstić information content (AvgIpc) is 3.32. The van der Waals surface area contributed by atoms with E-state index in [9.17, 15) is 9.59 Å². The average molecular weight is 406 g/mol. The fraction of sp³-hybridized carbons (Fsp3) is 0.333. The Kier molecular flexibility index (Phi) is 6.32. The number of carbonyl (C=O) groups is 2. The molecule has 0 spiro atoms. The van der Waals surface area contributed by atoms with E-state index in [1.165, 1.54) is 6.26 Å². The first-order valence-electron chi connectivity index (χ1n) is 10.4. The molecular formula is C24H26N2O4. The zero-order valence-electron chi connectivity index (χ0n) is 16.9. The minimum absolute atomic E-state index is 0.0346. The highest BCUT2D eigenvalue weighted by Gasteiger charge is 2.25. The fourth-order valence-corrected chi connectivity index (χ4v) is 3.82. The van der Waals surface area contributed by atoms with E-state index < -0.39 is 0 Å². The Hall–Kier alpha value is -3.28. The van der Waals surface area contributed by atoms with E-state index in [2.05, 4.69) is 17.4 Å². The van der Waals surface area contributed by atoms with Gasteiger partial charge in [-0.05, 0) is 42.8 Å². The molecule has 1 N–H and O–H groups in total. The highest BCUT2D eigenvalue weighted by atomic mass is 16.5. The van der Waals surface area contributed by atoms with Gasteiger partial charge in [-0.15, -0.1) is 0 Å². The standard InChI is InChI=1S/C24H26N2O4/c27-23(11-5-17-29-21-9-3-7-18-6-1-2-8-20(18)21)25-19-12-14-26(15-13-19)24(28)22-10-4-16-30-22/h1-4,6-10,16,19H,5,11-15,17H2,(H,25,27). The normalized spacial score (nSPS) is 14.6. The summed E-state index contributed by atoms with van der Waals surface area (Å²) in [5.74, 6) is 1.16. The lowest BCUT2D eigenvalue weighted by atomic mass is 10.0. The Bertz CT molecular complexity index is 986. The number of benzene rings is 2. The molecule has 0 atom stereocenters. The van der Waals surface area contributed by atoms with E-state index in [1.807, 2.05) is 30.3 Å². The van der Waals surface area contributed by atoms with Crippen LogP contribution in [0.4, 0.5) is 0 Å². The van der Waals surface area contributed by atoms with Gasteiger partial charge in [0.05, 0.1) is 12.9 Å². The van der Waals surface area contributed by atoms with Crippen molar-refractivity contribution < 1.29 is 18.7 Å². The third kappa shape index (κ3) is 4.82. The summed E-state index contributed by atoms with van der Waals surface area (Å²) in [5.41, 5.74) is 0. The molecule has 2 aromatic carbocycles. The number of nitrogens with zero attached hydrogens (tertiary/aromatic N) is 1. The van der Waals surface area contributed by atoms with Crippen LogP contribution < -0.4 is 10.1 Å². The van der Waals surface area contributed by atoms with Gasteiger partial charge in [-0.3, -0.25) is 9.59 Å². The van der Waals surface area contributed by atoms with Gasteiger partial charge in [0.2, 0.25) is 5.91 Å². The minimum atomic E-state index is -0.0876. The Morgan fingerprint density at radius 1 is 1.03 bits per heavy atom. The summed E-state index contributed by atoms with van der Waals surface area (Å²) in [5, 5.41) is 5.31. The van der Waals surface area contributed by atoms with Gasteiger partial charge in [0.1, 0.15) is 5.75 Å². The molecule has 0 bridgehead atoms. The van der Waals surface area contributed by atoms with E-state index in [0.717, 1.165) is 29.4 Å². The molecule has 2 amide bonds. The van der Waals surface area contributed by atoms with Gasteiger partial charge >= 0.3 is 0 Å². The summed E-state index contributed by atoms with van der Waals surface area (Å²) >= 11 is 0. The van der Waals surface area contributed by atoms with Crippen molar-refractivity contribution in [1.82, 2.24) is 10.2 Å². The van der Waals surface area contributed by atoms with E-state index in [0.29, 0.717) is 38.3 Å². The monoisotopic (exact) mass is 406 g/mol. The van der Waals surface area contributed by atoms with Crippen molar-refractivity contribution in [2.75, 3.05) is 19.7 Å². The second-order valence-electron chi connectivity index (χ2n) is 7.54. The minimum Gasteiger partial charge on any atom is -0.493 e. The predicted molar refractivity (Wildman–Crippen MR) is 114 cm³/mol. The molecule has 1 fully saturated rings. The van der Waals surface area contributed by atoms with Gasteiger partial charge in [-0.25, -0.2) is 0 Å². The number of nitrogens with one attached hydrogen (secondary N) is 1. The molecule has 1 aliphatic heterocycles. The van der Waals surface area contributed by atoms with Gasteiger partial charge in [0, 0.05) is 30.9 Å². The van der Waals surface area contributed by atoms with Crippen LogP contribution in [-0.4, -0.2) is 42.5 Å². The van der Waals surface area contributed by atoms with Crippen LogP contribution in [0.2, 0.25) is 0 Å². The largest absolute Gasteiger partial charge is 0.493 e. The van der Waals surface area contributed by atoms with Crippen molar-refractivity contribution in [2.24, 2.45) is 0 Å². The van der Waals surface area contributed by atoms with Crippen molar-refractivity contribution in [2.45, 2.75) is 31.7 Å². The first-order valence-corrected chi connectivity index (χ1v) is 10.4. The number of amides is 2. The Labute approximate surface area is 175 Å². The Morgan fingerprint density at radius 2 is 1.83 bits per heavy atom. The molecular weight excluding hydrogens is 380 g/mol.